The second-order valence-electron chi connectivity index (χ2n) is 4.55. The Hall–Kier alpha value is -0.610. The van der Waals surface area contributed by atoms with E-state index in [4.69, 9.17) is 10.8 Å². The Labute approximate surface area is 97.8 Å². The predicted molar refractivity (Wildman–Crippen MR) is 63.9 cm³/mol. The topological polar surface area (TPSA) is 66.6 Å². The van der Waals surface area contributed by atoms with Crippen molar-refractivity contribution in [3.8, 4) is 0 Å². The normalized spacial score (nSPS) is 28.8. The Balaban J connectivity index is 0.000000606. The molecule has 2 unspecified atom stereocenters. The first kappa shape index (κ1) is 13.5. The van der Waals surface area contributed by atoms with Gasteiger partial charge >= 0.3 is 0 Å². The Bertz CT molecular complexity index is 219. The van der Waals surface area contributed by atoms with Crippen molar-refractivity contribution in [2.75, 3.05) is 20.2 Å². The van der Waals surface area contributed by atoms with Crippen molar-refractivity contribution in [1.29, 1.82) is 0 Å². The number of likely N-dealkylation sites (tertiary alicyclic amines) is 1. The van der Waals surface area contributed by atoms with Gasteiger partial charge in [0, 0.05) is 19.7 Å². The Morgan fingerprint density at radius 1 is 1.25 bits per heavy atom. The van der Waals surface area contributed by atoms with Crippen LogP contribution in [0.25, 0.3) is 0 Å². The summed E-state index contributed by atoms with van der Waals surface area (Å²) in [4.78, 5) is 13.7. The highest BCUT2D eigenvalue weighted by atomic mass is 16.2. The van der Waals surface area contributed by atoms with E-state index in [0.717, 1.165) is 19.6 Å². The van der Waals surface area contributed by atoms with Crippen LogP contribution in [0.2, 0.25) is 0 Å². The highest BCUT2D eigenvalue weighted by Gasteiger charge is 2.34. The lowest BCUT2D eigenvalue weighted by molar-refractivity contribution is -0.135. The lowest BCUT2D eigenvalue weighted by atomic mass is 9.78. The molecule has 2 fully saturated rings. The van der Waals surface area contributed by atoms with Gasteiger partial charge in [-0.05, 0) is 31.6 Å². The molecule has 2 aliphatic rings. The molecule has 0 aromatic heterocycles. The Morgan fingerprint density at radius 2 is 1.88 bits per heavy atom. The van der Waals surface area contributed by atoms with Gasteiger partial charge in [0.15, 0.2) is 0 Å². The van der Waals surface area contributed by atoms with Crippen molar-refractivity contribution < 1.29 is 9.90 Å². The van der Waals surface area contributed by atoms with Gasteiger partial charge in [0.05, 0.1) is 6.54 Å². The molecule has 1 aliphatic carbocycles. The summed E-state index contributed by atoms with van der Waals surface area (Å²) in [6, 6.07) is 0.522. The second kappa shape index (κ2) is 6.86. The first-order chi connectivity index (χ1) is 7.83. The second-order valence-corrected chi connectivity index (χ2v) is 4.55. The van der Waals surface area contributed by atoms with Crippen molar-refractivity contribution in [2.24, 2.45) is 11.7 Å². The number of fused-ring (bicyclic) bond motifs is 1. The van der Waals surface area contributed by atoms with Crippen LogP contribution < -0.4 is 5.73 Å². The molecule has 1 saturated carbocycles. The minimum Gasteiger partial charge on any atom is -0.400 e. The molecule has 0 radical (unpaired) electrons. The summed E-state index contributed by atoms with van der Waals surface area (Å²) >= 11 is 0. The quantitative estimate of drug-likeness (QED) is 0.695. The van der Waals surface area contributed by atoms with Crippen LogP contribution in [0, 0.1) is 5.92 Å². The van der Waals surface area contributed by atoms with Gasteiger partial charge < -0.3 is 15.7 Å². The summed E-state index contributed by atoms with van der Waals surface area (Å²) in [5.74, 6) is 0.926. The van der Waals surface area contributed by atoms with Crippen LogP contribution in [0.1, 0.15) is 38.5 Å². The van der Waals surface area contributed by atoms with E-state index in [-0.39, 0.29) is 12.5 Å². The van der Waals surface area contributed by atoms with Gasteiger partial charge in [0.1, 0.15) is 0 Å². The summed E-state index contributed by atoms with van der Waals surface area (Å²) in [7, 11) is 1.00. The maximum absolute atomic E-state index is 11.6. The fourth-order valence-electron chi connectivity index (χ4n) is 3.05. The Morgan fingerprint density at radius 3 is 2.56 bits per heavy atom. The van der Waals surface area contributed by atoms with E-state index in [1.165, 1.54) is 38.5 Å². The maximum Gasteiger partial charge on any atom is 0.236 e. The van der Waals surface area contributed by atoms with Crippen molar-refractivity contribution in [3.63, 3.8) is 0 Å². The third-order valence-corrected chi connectivity index (χ3v) is 3.74. The molecule has 2 rings (SSSR count). The fraction of sp³-hybridized carbons (Fsp3) is 0.917. The number of nitrogens with two attached hydrogens (primary N) is 1. The van der Waals surface area contributed by atoms with E-state index in [1.54, 1.807) is 0 Å². The van der Waals surface area contributed by atoms with Gasteiger partial charge in [0.2, 0.25) is 5.91 Å². The molecule has 94 valence electrons. The average molecular weight is 228 g/mol. The number of hydrogen-bond donors (Lipinski definition) is 2. The van der Waals surface area contributed by atoms with Crippen molar-refractivity contribution in [3.05, 3.63) is 0 Å². The smallest absolute Gasteiger partial charge is 0.236 e. The summed E-state index contributed by atoms with van der Waals surface area (Å²) in [5.41, 5.74) is 5.43. The average Bonchev–Trinajstić information content (AvgIpc) is 2.39. The number of rotatable bonds is 1. The van der Waals surface area contributed by atoms with Gasteiger partial charge in [0.25, 0.3) is 0 Å². The minimum atomic E-state index is 0.154. The Kier molecular flexibility index (Phi) is 5.77. The summed E-state index contributed by atoms with van der Waals surface area (Å²) in [6.45, 7) is 1.13. The number of aliphatic hydroxyl groups is 1. The van der Waals surface area contributed by atoms with Gasteiger partial charge in [-0.2, -0.15) is 0 Å². The molecule has 3 N–H and O–H groups in total. The molecule has 1 aliphatic heterocycles. The highest BCUT2D eigenvalue weighted by Crippen LogP contribution is 2.35. The maximum atomic E-state index is 11.6. The molecule has 16 heavy (non-hydrogen) atoms. The van der Waals surface area contributed by atoms with Crippen LogP contribution in [-0.4, -0.2) is 42.2 Å². The monoisotopic (exact) mass is 228 g/mol. The molecule has 1 saturated heterocycles. The summed E-state index contributed by atoms with van der Waals surface area (Å²) in [6.07, 6.45) is 7.66. The standard InChI is InChI=1S/C11H20N2O.CH4O/c12-8-11(14)13-7-3-5-9-4-1-2-6-10(9)13;1-2/h9-10H,1-8,12H2;2H,1H3. The van der Waals surface area contributed by atoms with Gasteiger partial charge in [-0.15, -0.1) is 0 Å². The number of carbonyl (C=O) groups excluding carboxylic acids is 1. The van der Waals surface area contributed by atoms with Crippen molar-refractivity contribution in [2.45, 2.75) is 44.6 Å². The van der Waals surface area contributed by atoms with E-state index in [2.05, 4.69) is 0 Å². The van der Waals surface area contributed by atoms with Crippen LogP contribution in [0.4, 0.5) is 0 Å². The number of nitrogens with zero attached hydrogens (tertiary/aromatic N) is 1. The first-order valence-corrected chi connectivity index (χ1v) is 6.27. The number of amides is 1. The molecule has 0 spiro atoms. The minimum absolute atomic E-state index is 0.154. The van der Waals surface area contributed by atoms with E-state index in [0.29, 0.717) is 6.04 Å². The largest absolute Gasteiger partial charge is 0.400 e. The molecule has 0 aromatic rings. The molecular formula is C12H24N2O2. The van der Waals surface area contributed by atoms with E-state index in [1.807, 2.05) is 4.90 Å². The summed E-state index contributed by atoms with van der Waals surface area (Å²) < 4.78 is 0. The van der Waals surface area contributed by atoms with Crippen LogP contribution in [0.15, 0.2) is 0 Å². The van der Waals surface area contributed by atoms with Gasteiger partial charge in [-0.25, -0.2) is 0 Å². The number of hydrogen-bond acceptors (Lipinski definition) is 3. The number of piperidine rings is 1. The lowest BCUT2D eigenvalue weighted by Gasteiger charge is -2.44. The van der Waals surface area contributed by atoms with Crippen LogP contribution in [0.5, 0.6) is 0 Å². The number of carbonyl (C=O) groups is 1. The molecule has 1 amide bonds. The third kappa shape index (κ3) is 2.95. The van der Waals surface area contributed by atoms with Crippen LogP contribution in [0.3, 0.4) is 0 Å². The SMILES string of the molecule is CO.NCC(=O)N1CCCC2CCCCC21. The zero-order chi connectivity index (χ0) is 12.0. The van der Waals surface area contributed by atoms with Crippen molar-refractivity contribution >= 4 is 5.91 Å². The van der Waals surface area contributed by atoms with Crippen LogP contribution >= 0.6 is 0 Å². The molecule has 2 atom stereocenters. The van der Waals surface area contributed by atoms with Gasteiger partial charge in [-0.3, -0.25) is 4.79 Å². The predicted octanol–water partition coefficient (Wildman–Crippen LogP) is 0.735. The first-order valence-electron chi connectivity index (χ1n) is 6.27. The molecule has 0 bridgehead atoms. The summed E-state index contributed by atoms with van der Waals surface area (Å²) in [5, 5.41) is 7.00. The van der Waals surface area contributed by atoms with Gasteiger partial charge in [-0.1, -0.05) is 12.8 Å². The molecule has 4 nitrogen and oxygen atoms in total. The van der Waals surface area contributed by atoms with Crippen LogP contribution in [-0.2, 0) is 4.79 Å². The molecular weight excluding hydrogens is 204 g/mol. The van der Waals surface area contributed by atoms with E-state index < -0.39 is 0 Å². The molecule has 4 heteroatoms. The van der Waals surface area contributed by atoms with Crippen molar-refractivity contribution in [1.82, 2.24) is 4.90 Å². The zero-order valence-corrected chi connectivity index (χ0v) is 10.2. The third-order valence-electron chi connectivity index (χ3n) is 3.74. The fourth-order valence-corrected chi connectivity index (χ4v) is 3.05. The lowest BCUT2D eigenvalue weighted by Crippen LogP contribution is -2.51. The zero-order valence-electron chi connectivity index (χ0n) is 10.2. The molecule has 1 heterocycles. The number of aliphatic hydroxyl groups excluding tert-OH is 1. The highest BCUT2D eigenvalue weighted by molar-refractivity contribution is 5.78. The van der Waals surface area contributed by atoms with E-state index >= 15 is 0 Å². The van der Waals surface area contributed by atoms with E-state index in [9.17, 15) is 4.79 Å². The molecule has 0 aromatic carbocycles.